The fourth-order valence-electron chi connectivity index (χ4n) is 4.65. The van der Waals surface area contributed by atoms with Crippen LogP contribution in [0.5, 0.6) is 0 Å². The number of halogens is 2. The predicted octanol–water partition coefficient (Wildman–Crippen LogP) is 4.56. The quantitative estimate of drug-likeness (QED) is 0.469. The maximum atomic E-state index is 14.2. The standard InChI is InChI=1S/C24H27F2N5O2S/c1-3-33-21-12(2)9-13(10-17(21)27)14-7-8-29-11-18(14)30-23(32)20-22(28)34-24(31-20)19-15(25)5-4-6-16(19)26/h4-8,11-13,17,21H,3,9-10,27-28H2,1-2H3,(H,30,32)/t12-,13+,17+,21-/m0/s1. The van der Waals surface area contributed by atoms with Crippen LogP contribution in [0.4, 0.5) is 19.5 Å². The normalized spacial score (nSPS) is 22.5. The lowest BCUT2D eigenvalue weighted by molar-refractivity contribution is -0.0161. The molecule has 4 atom stereocenters. The topological polar surface area (TPSA) is 116 Å². The van der Waals surface area contributed by atoms with Gasteiger partial charge in [-0.05, 0) is 55.4 Å². The summed E-state index contributed by atoms with van der Waals surface area (Å²) in [6, 6.07) is 5.26. The third kappa shape index (κ3) is 4.79. The average molecular weight is 488 g/mol. The zero-order valence-corrected chi connectivity index (χ0v) is 19.7. The number of nitrogen functional groups attached to an aromatic ring is 1. The zero-order valence-electron chi connectivity index (χ0n) is 18.9. The highest BCUT2D eigenvalue weighted by Crippen LogP contribution is 2.40. The van der Waals surface area contributed by atoms with Crippen LogP contribution >= 0.6 is 11.3 Å². The van der Waals surface area contributed by atoms with E-state index in [-0.39, 0.29) is 45.2 Å². The molecule has 1 aromatic carbocycles. The van der Waals surface area contributed by atoms with E-state index in [4.69, 9.17) is 16.2 Å². The van der Waals surface area contributed by atoms with Crippen LogP contribution in [-0.4, -0.2) is 34.6 Å². The number of thiazole rings is 1. The molecule has 1 amide bonds. The molecule has 7 nitrogen and oxygen atoms in total. The highest BCUT2D eigenvalue weighted by molar-refractivity contribution is 7.19. The van der Waals surface area contributed by atoms with E-state index in [0.717, 1.165) is 35.5 Å². The van der Waals surface area contributed by atoms with E-state index in [1.54, 1.807) is 12.4 Å². The Morgan fingerprint density at radius 1 is 1.26 bits per heavy atom. The van der Waals surface area contributed by atoms with Crippen molar-refractivity contribution in [1.82, 2.24) is 9.97 Å². The van der Waals surface area contributed by atoms with E-state index in [0.29, 0.717) is 18.7 Å². The van der Waals surface area contributed by atoms with Crippen LogP contribution in [0.15, 0.2) is 36.7 Å². The summed E-state index contributed by atoms with van der Waals surface area (Å²) in [6.45, 7) is 4.68. The number of hydrogen-bond donors (Lipinski definition) is 3. The Labute approximate surface area is 200 Å². The Hall–Kier alpha value is -2.95. The van der Waals surface area contributed by atoms with Gasteiger partial charge in [0.15, 0.2) is 5.69 Å². The SMILES string of the molecule is CCO[C@@H]1[C@H](N)C[C@H](c2ccncc2NC(=O)c2nc(-c3c(F)cccc3F)sc2N)C[C@@H]1C. The second-order valence-corrected chi connectivity index (χ2v) is 9.51. The molecule has 0 radical (unpaired) electrons. The first kappa shape index (κ1) is 24.2. The van der Waals surface area contributed by atoms with Crippen LogP contribution in [0.2, 0.25) is 0 Å². The summed E-state index contributed by atoms with van der Waals surface area (Å²) < 4.78 is 34.2. The van der Waals surface area contributed by atoms with Gasteiger partial charge in [0.1, 0.15) is 21.6 Å². The Kier molecular flexibility index (Phi) is 7.20. The highest BCUT2D eigenvalue weighted by atomic mass is 32.1. The van der Waals surface area contributed by atoms with Gasteiger partial charge in [-0.1, -0.05) is 24.3 Å². The summed E-state index contributed by atoms with van der Waals surface area (Å²) in [6.07, 6.45) is 4.79. The van der Waals surface area contributed by atoms with Crippen molar-refractivity contribution in [2.75, 3.05) is 17.7 Å². The minimum absolute atomic E-state index is 0.00120. The molecule has 3 aromatic rings. The van der Waals surface area contributed by atoms with Gasteiger partial charge in [0, 0.05) is 18.8 Å². The third-order valence-electron chi connectivity index (χ3n) is 6.14. The number of carbonyl (C=O) groups is 1. The fraction of sp³-hybridized carbons (Fsp3) is 0.375. The molecule has 4 rings (SSSR count). The summed E-state index contributed by atoms with van der Waals surface area (Å²) in [5, 5.41) is 2.89. The number of nitrogens with two attached hydrogens (primary N) is 2. The first-order chi connectivity index (χ1) is 16.3. The second-order valence-electron chi connectivity index (χ2n) is 8.48. The number of ether oxygens (including phenoxy) is 1. The minimum Gasteiger partial charge on any atom is -0.389 e. The maximum absolute atomic E-state index is 14.2. The van der Waals surface area contributed by atoms with E-state index < -0.39 is 17.5 Å². The molecule has 1 saturated carbocycles. The first-order valence-corrected chi connectivity index (χ1v) is 11.9. The maximum Gasteiger partial charge on any atom is 0.277 e. The lowest BCUT2D eigenvalue weighted by Gasteiger charge is -2.39. The number of carbonyl (C=O) groups excluding carboxylic acids is 1. The van der Waals surface area contributed by atoms with Gasteiger partial charge in [0.2, 0.25) is 0 Å². The molecule has 10 heteroatoms. The number of pyridine rings is 1. The second kappa shape index (κ2) is 10.1. The lowest BCUT2D eigenvalue weighted by atomic mass is 9.74. The number of aromatic nitrogens is 2. The van der Waals surface area contributed by atoms with E-state index in [1.807, 2.05) is 13.0 Å². The Balaban J connectivity index is 1.57. The van der Waals surface area contributed by atoms with Crippen LogP contribution in [0, 0.1) is 17.6 Å². The monoisotopic (exact) mass is 487 g/mol. The number of nitrogens with one attached hydrogen (secondary N) is 1. The predicted molar refractivity (Wildman–Crippen MR) is 129 cm³/mol. The first-order valence-electron chi connectivity index (χ1n) is 11.1. The largest absolute Gasteiger partial charge is 0.389 e. The molecular formula is C24H27F2N5O2S. The number of anilines is 2. The van der Waals surface area contributed by atoms with Crippen molar-refractivity contribution in [1.29, 1.82) is 0 Å². The van der Waals surface area contributed by atoms with E-state index in [2.05, 4.69) is 22.2 Å². The van der Waals surface area contributed by atoms with E-state index >= 15 is 0 Å². The molecule has 0 spiro atoms. The van der Waals surface area contributed by atoms with Crippen LogP contribution in [0.1, 0.15) is 48.7 Å². The summed E-state index contributed by atoms with van der Waals surface area (Å²) >= 11 is 0.852. The van der Waals surface area contributed by atoms with Crippen LogP contribution < -0.4 is 16.8 Å². The van der Waals surface area contributed by atoms with Crippen molar-refractivity contribution in [2.45, 2.75) is 44.8 Å². The minimum atomic E-state index is -0.775. The summed E-state index contributed by atoms with van der Waals surface area (Å²) in [5.41, 5.74) is 13.4. The summed E-state index contributed by atoms with van der Waals surface area (Å²) in [7, 11) is 0. The molecule has 0 bridgehead atoms. The summed E-state index contributed by atoms with van der Waals surface area (Å²) in [4.78, 5) is 21.3. The Bertz CT molecular complexity index is 1160. The molecule has 180 valence electrons. The number of amides is 1. The van der Waals surface area contributed by atoms with Gasteiger partial charge in [-0.15, -0.1) is 0 Å². The van der Waals surface area contributed by atoms with E-state index in [9.17, 15) is 13.6 Å². The summed E-state index contributed by atoms with van der Waals surface area (Å²) in [5.74, 6) is -1.77. The van der Waals surface area contributed by atoms with Crippen molar-refractivity contribution in [3.8, 4) is 10.6 Å². The van der Waals surface area contributed by atoms with E-state index in [1.165, 1.54) is 6.07 Å². The average Bonchev–Trinajstić information content (AvgIpc) is 3.17. The molecule has 2 aromatic heterocycles. The van der Waals surface area contributed by atoms with Crippen molar-refractivity contribution < 1.29 is 18.3 Å². The van der Waals surface area contributed by atoms with Gasteiger partial charge in [-0.3, -0.25) is 9.78 Å². The van der Waals surface area contributed by atoms with Crippen LogP contribution in [0.25, 0.3) is 10.6 Å². The Morgan fingerprint density at radius 3 is 2.68 bits per heavy atom. The number of rotatable bonds is 6. The molecule has 1 aliphatic rings. The zero-order chi connectivity index (χ0) is 24.4. The molecule has 5 N–H and O–H groups in total. The van der Waals surface area contributed by atoms with Crippen molar-refractivity contribution >= 4 is 27.9 Å². The van der Waals surface area contributed by atoms with Gasteiger partial charge in [-0.2, -0.15) is 0 Å². The lowest BCUT2D eigenvalue weighted by Crippen LogP contribution is -2.46. The van der Waals surface area contributed by atoms with Gasteiger partial charge in [0.05, 0.1) is 23.6 Å². The van der Waals surface area contributed by atoms with Gasteiger partial charge >= 0.3 is 0 Å². The fourth-order valence-corrected chi connectivity index (χ4v) is 5.53. The number of benzene rings is 1. The van der Waals surface area contributed by atoms with Crippen molar-refractivity contribution in [2.24, 2.45) is 11.7 Å². The van der Waals surface area contributed by atoms with Gasteiger partial charge in [0.25, 0.3) is 5.91 Å². The van der Waals surface area contributed by atoms with Crippen molar-refractivity contribution in [3.05, 3.63) is 59.6 Å². The highest BCUT2D eigenvalue weighted by Gasteiger charge is 2.35. The molecule has 0 aliphatic heterocycles. The number of hydrogen-bond acceptors (Lipinski definition) is 7. The van der Waals surface area contributed by atoms with Crippen molar-refractivity contribution in [3.63, 3.8) is 0 Å². The molecule has 0 unspecified atom stereocenters. The Morgan fingerprint density at radius 2 is 2.00 bits per heavy atom. The van der Waals surface area contributed by atoms with Crippen LogP contribution in [0.3, 0.4) is 0 Å². The molecule has 1 fully saturated rings. The molecule has 34 heavy (non-hydrogen) atoms. The molecule has 2 heterocycles. The third-order valence-corrected chi connectivity index (χ3v) is 7.04. The molecular weight excluding hydrogens is 460 g/mol. The molecule has 0 saturated heterocycles. The van der Waals surface area contributed by atoms with Crippen LogP contribution in [-0.2, 0) is 4.74 Å². The van der Waals surface area contributed by atoms with Gasteiger partial charge in [-0.25, -0.2) is 13.8 Å². The van der Waals surface area contributed by atoms with Gasteiger partial charge < -0.3 is 21.5 Å². The molecule has 1 aliphatic carbocycles. The number of nitrogens with zero attached hydrogens (tertiary/aromatic N) is 2. The smallest absolute Gasteiger partial charge is 0.277 e.